The Hall–Kier alpha value is -4.25. The van der Waals surface area contributed by atoms with Gasteiger partial charge in [-0.1, -0.05) is 18.2 Å². The zero-order chi connectivity index (χ0) is 28.4. The average molecular weight is 546 g/mol. The summed E-state index contributed by atoms with van der Waals surface area (Å²) in [5, 5.41) is 5.55. The maximum atomic E-state index is 13.8. The summed E-state index contributed by atoms with van der Waals surface area (Å²) in [4.78, 5) is 44.1. The van der Waals surface area contributed by atoms with Gasteiger partial charge in [-0.05, 0) is 58.9 Å². The Labute approximate surface area is 233 Å². The number of ether oxygens (including phenoxy) is 2. The molecule has 11 nitrogen and oxygen atoms in total. The van der Waals surface area contributed by atoms with Gasteiger partial charge in [0.2, 0.25) is 11.8 Å². The Kier molecular flexibility index (Phi) is 7.57. The normalized spacial score (nSPS) is 18.4. The van der Waals surface area contributed by atoms with Crippen molar-refractivity contribution in [3.63, 3.8) is 0 Å². The van der Waals surface area contributed by atoms with E-state index in [4.69, 9.17) is 19.4 Å². The van der Waals surface area contributed by atoms with Gasteiger partial charge in [0, 0.05) is 30.0 Å². The molecule has 1 aromatic carbocycles. The van der Waals surface area contributed by atoms with Gasteiger partial charge >= 0.3 is 6.03 Å². The Balaban J connectivity index is 1.50. The first-order valence-electron chi connectivity index (χ1n) is 13.5. The second-order valence-corrected chi connectivity index (χ2v) is 10.7. The summed E-state index contributed by atoms with van der Waals surface area (Å²) in [7, 11) is 0. The van der Waals surface area contributed by atoms with Crippen LogP contribution in [0.15, 0.2) is 42.5 Å². The first-order chi connectivity index (χ1) is 19.1. The van der Waals surface area contributed by atoms with Crippen LogP contribution in [0, 0.1) is 6.92 Å². The van der Waals surface area contributed by atoms with Crippen molar-refractivity contribution in [2.75, 3.05) is 48.4 Å². The molecule has 1 saturated heterocycles. The summed E-state index contributed by atoms with van der Waals surface area (Å²) < 4.78 is 12.0. The van der Waals surface area contributed by atoms with E-state index < -0.39 is 11.6 Å². The lowest BCUT2D eigenvalue weighted by Gasteiger charge is -2.34. The number of likely N-dealkylation sites (N-methyl/N-ethyl adjacent to an activating group) is 1. The number of anilines is 3. The SMILES string of the molecule is CCN1CC(C)(C)Oc2nc(N3CCOC[C@@H]3C)nc(-c3ccc(NC(=O)Nc4cccc(C)n4)cc3)c2C1=O. The highest BCUT2D eigenvalue weighted by atomic mass is 16.5. The van der Waals surface area contributed by atoms with Crippen LogP contribution in [-0.4, -0.2) is 76.3 Å². The summed E-state index contributed by atoms with van der Waals surface area (Å²) >= 11 is 0. The number of pyridine rings is 1. The molecule has 2 aliphatic rings. The van der Waals surface area contributed by atoms with Crippen molar-refractivity contribution in [1.29, 1.82) is 0 Å². The molecule has 3 aromatic rings. The van der Waals surface area contributed by atoms with E-state index in [2.05, 4.69) is 27.4 Å². The van der Waals surface area contributed by atoms with Crippen LogP contribution in [0.2, 0.25) is 0 Å². The van der Waals surface area contributed by atoms with Gasteiger partial charge in [0.05, 0.1) is 31.5 Å². The standard InChI is InChI=1S/C29H35N7O4/c1-6-35-17-29(4,5)40-25-23(26(35)37)24(33-27(34-25)36-14-15-39-16-19(36)3)20-10-12-21(13-11-20)31-28(38)32-22-9-7-8-18(2)30-22/h7-13,19H,6,14-17H2,1-5H3,(H2,30,31,32,38)/t19-/m0/s1. The van der Waals surface area contributed by atoms with Gasteiger partial charge in [0.15, 0.2) is 0 Å². The van der Waals surface area contributed by atoms with Crippen molar-refractivity contribution in [3.8, 4) is 17.1 Å². The quantitative estimate of drug-likeness (QED) is 0.485. The number of aryl methyl sites for hydroxylation is 1. The van der Waals surface area contributed by atoms with Crippen molar-refractivity contribution >= 4 is 29.4 Å². The topological polar surface area (TPSA) is 122 Å². The van der Waals surface area contributed by atoms with Gasteiger partial charge in [0.1, 0.15) is 17.0 Å². The molecule has 2 aliphatic heterocycles. The summed E-state index contributed by atoms with van der Waals surface area (Å²) in [6.45, 7) is 12.5. The predicted molar refractivity (Wildman–Crippen MR) is 153 cm³/mol. The third-order valence-electron chi connectivity index (χ3n) is 6.86. The highest BCUT2D eigenvalue weighted by molar-refractivity contribution is 6.03. The number of rotatable bonds is 5. The lowest BCUT2D eigenvalue weighted by molar-refractivity contribution is 0.0541. The van der Waals surface area contributed by atoms with Crippen LogP contribution < -0.4 is 20.3 Å². The number of nitrogens with one attached hydrogen (secondary N) is 2. The van der Waals surface area contributed by atoms with Crippen molar-refractivity contribution in [3.05, 3.63) is 53.7 Å². The first-order valence-corrected chi connectivity index (χ1v) is 13.5. The van der Waals surface area contributed by atoms with Crippen LogP contribution in [0.1, 0.15) is 43.7 Å². The van der Waals surface area contributed by atoms with Crippen LogP contribution >= 0.6 is 0 Å². The summed E-state index contributed by atoms with van der Waals surface area (Å²) in [5.41, 5.74) is 2.28. The molecule has 0 saturated carbocycles. The lowest BCUT2D eigenvalue weighted by atomic mass is 10.0. The number of fused-ring (bicyclic) bond motifs is 1. The predicted octanol–water partition coefficient (Wildman–Crippen LogP) is 4.35. The van der Waals surface area contributed by atoms with Gasteiger partial charge in [-0.3, -0.25) is 10.1 Å². The van der Waals surface area contributed by atoms with Gasteiger partial charge in [-0.15, -0.1) is 0 Å². The number of benzene rings is 1. The van der Waals surface area contributed by atoms with Crippen molar-refractivity contribution in [2.45, 2.75) is 46.3 Å². The molecular weight excluding hydrogens is 510 g/mol. The van der Waals surface area contributed by atoms with Crippen LogP contribution in [-0.2, 0) is 4.74 Å². The van der Waals surface area contributed by atoms with E-state index in [-0.39, 0.29) is 17.8 Å². The molecule has 11 heteroatoms. The molecule has 1 fully saturated rings. The van der Waals surface area contributed by atoms with Crippen LogP contribution in [0.3, 0.4) is 0 Å². The molecule has 5 rings (SSSR count). The number of urea groups is 1. The summed E-state index contributed by atoms with van der Waals surface area (Å²) in [6.07, 6.45) is 0. The minimum atomic E-state index is -0.635. The van der Waals surface area contributed by atoms with Crippen LogP contribution in [0.4, 0.5) is 22.2 Å². The van der Waals surface area contributed by atoms with E-state index >= 15 is 0 Å². The fraction of sp³-hybridized carbons (Fsp3) is 0.414. The Morgan fingerprint density at radius 3 is 2.58 bits per heavy atom. The number of amides is 3. The first kappa shape index (κ1) is 27.3. The fourth-order valence-electron chi connectivity index (χ4n) is 4.90. The highest BCUT2D eigenvalue weighted by Crippen LogP contribution is 2.36. The van der Waals surface area contributed by atoms with E-state index in [0.29, 0.717) is 67.1 Å². The number of hydrogen-bond acceptors (Lipinski definition) is 8. The van der Waals surface area contributed by atoms with E-state index in [9.17, 15) is 9.59 Å². The third-order valence-corrected chi connectivity index (χ3v) is 6.86. The maximum absolute atomic E-state index is 13.8. The monoisotopic (exact) mass is 545 g/mol. The zero-order valence-corrected chi connectivity index (χ0v) is 23.5. The van der Waals surface area contributed by atoms with Crippen LogP contribution in [0.5, 0.6) is 5.88 Å². The van der Waals surface area contributed by atoms with Gasteiger partial charge < -0.3 is 24.6 Å². The number of hydrogen-bond donors (Lipinski definition) is 2. The molecule has 0 spiro atoms. The molecule has 40 heavy (non-hydrogen) atoms. The van der Waals surface area contributed by atoms with E-state index in [1.807, 2.05) is 52.0 Å². The minimum absolute atomic E-state index is 0.0641. The molecule has 0 bridgehead atoms. The molecule has 0 unspecified atom stereocenters. The Morgan fingerprint density at radius 2 is 1.88 bits per heavy atom. The molecule has 0 aliphatic carbocycles. The Bertz CT molecular complexity index is 1410. The minimum Gasteiger partial charge on any atom is -0.469 e. The van der Waals surface area contributed by atoms with Crippen LogP contribution in [0.25, 0.3) is 11.3 Å². The molecule has 4 heterocycles. The van der Waals surface area contributed by atoms with Gasteiger partial charge in [-0.25, -0.2) is 14.8 Å². The van der Waals surface area contributed by atoms with Crippen molar-refractivity contribution in [2.24, 2.45) is 0 Å². The lowest BCUT2D eigenvalue weighted by Crippen LogP contribution is -2.44. The largest absolute Gasteiger partial charge is 0.469 e. The zero-order valence-electron chi connectivity index (χ0n) is 23.5. The Morgan fingerprint density at radius 1 is 1.10 bits per heavy atom. The third kappa shape index (κ3) is 5.84. The van der Waals surface area contributed by atoms with Gasteiger partial charge in [0.25, 0.3) is 5.91 Å². The molecule has 210 valence electrons. The summed E-state index contributed by atoms with van der Waals surface area (Å²) in [5.74, 6) is 1.05. The number of carbonyl (C=O) groups excluding carboxylic acids is 2. The van der Waals surface area contributed by atoms with E-state index in [1.165, 1.54) is 0 Å². The number of aromatic nitrogens is 3. The smallest absolute Gasteiger partial charge is 0.324 e. The average Bonchev–Trinajstić information content (AvgIpc) is 3.01. The maximum Gasteiger partial charge on any atom is 0.324 e. The number of carbonyl (C=O) groups is 2. The molecule has 1 atom stereocenters. The van der Waals surface area contributed by atoms with E-state index in [1.54, 1.807) is 23.1 Å². The molecule has 0 radical (unpaired) electrons. The number of nitrogens with zero attached hydrogens (tertiary/aromatic N) is 5. The van der Waals surface area contributed by atoms with E-state index in [0.717, 1.165) is 5.69 Å². The molecule has 2 aromatic heterocycles. The highest BCUT2D eigenvalue weighted by Gasteiger charge is 2.38. The fourth-order valence-corrected chi connectivity index (χ4v) is 4.90. The van der Waals surface area contributed by atoms with Crippen molar-refractivity contribution < 1.29 is 19.1 Å². The van der Waals surface area contributed by atoms with Gasteiger partial charge in [-0.2, -0.15) is 4.98 Å². The van der Waals surface area contributed by atoms with Crippen molar-refractivity contribution in [1.82, 2.24) is 19.9 Å². The molecular formula is C29H35N7O4. The molecule has 2 N–H and O–H groups in total. The summed E-state index contributed by atoms with van der Waals surface area (Å²) in [6, 6.07) is 12.3. The number of morpholine rings is 1. The second kappa shape index (κ2) is 11.1. The molecule has 3 amide bonds. The second-order valence-electron chi connectivity index (χ2n) is 10.7.